The number of anilines is 1. The Kier molecular flexibility index (Phi) is 5.21. The molecule has 0 radical (unpaired) electrons. The van der Waals surface area contributed by atoms with Crippen molar-refractivity contribution in [2.45, 2.75) is 63.1 Å². The lowest BCUT2D eigenvalue weighted by Crippen LogP contribution is -2.31. The summed E-state index contributed by atoms with van der Waals surface area (Å²) in [7, 11) is -2.01. The highest BCUT2D eigenvalue weighted by Crippen LogP contribution is 2.41. The smallest absolute Gasteiger partial charge is 0.331 e. The number of urea groups is 1. The molecule has 2 amide bonds. The van der Waals surface area contributed by atoms with Crippen LogP contribution in [0.1, 0.15) is 54.5 Å². The highest BCUT2D eigenvalue weighted by Gasteiger charge is 2.30. The Hall–Kier alpha value is -1.90. The lowest BCUT2D eigenvalue weighted by atomic mass is 9.98. The van der Waals surface area contributed by atoms with E-state index in [9.17, 15) is 18.5 Å². The molecule has 3 N–H and O–H groups in total. The first kappa shape index (κ1) is 20.4. The normalized spacial score (nSPS) is 16.4. The van der Waals surface area contributed by atoms with Crippen molar-refractivity contribution in [1.82, 2.24) is 4.72 Å². The summed E-state index contributed by atoms with van der Waals surface area (Å²) in [5.41, 5.74) is 2.71. The number of hydrogen-bond donors (Lipinski definition) is 3. The number of carbonyl (C=O) groups excluding carboxylic acids is 1. The monoisotopic (exact) mass is 440 g/mol. The Morgan fingerprint density at radius 2 is 1.72 bits per heavy atom. The van der Waals surface area contributed by atoms with Gasteiger partial charge in [0.1, 0.15) is 5.82 Å². The number of furan rings is 1. The van der Waals surface area contributed by atoms with Gasteiger partial charge in [-0.05, 0) is 86.2 Å². The van der Waals surface area contributed by atoms with Crippen LogP contribution in [-0.4, -0.2) is 15.3 Å². The molecule has 1 aromatic heterocycles. The molecule has 4 rings (SSSR count). The molecule has 29 heavy (non-hydrogen) atoms. The molecule has 0 fully saturated rings. The summed E-state index contributed by atoms with van der Waals surface area (Å²) in [6.45, 7) is 3.04. The lowest BCUT2D eigenvalue weighted by molar-refractivity contribution is 0.0781. The van der Waals surface area contributed by atoms with Gasteiger partial charge in [-0.1, -0.05) is 0 Å². The van der Waals surface area contributed by atoms with Gasteiger partial charge in [-0.3, -0.25) is 0 Å². The second-order valence-corrected chi connectivity index (χ2v) is 9.43. The van der Waals surface area contributed by atoms with Crippen LogP contribution >= 0.6 is 11.6 Å². The van der Waals surface area contributed by atoms with Gasteiger partial charge >= 0.3 is 6.03 Å². The average molecular weight is 441 g/mol. The third-order valence-corrected chi connectivity index (χ3v) is 6.72. The van der Waals surface area contributed by atoms with Crippen LogP contribution in [0.25, 0.3) is 0 Å². The van der Waals surface area contributed by atoms with E-state index in [2.05, 4.69) is 10.0 Å². The molecule has 1 aromatic carbocycles. The Bertz CT molecular complexity index is 993. The zero-order valence-electron chi connectivity index (χ0n) is 16.2. The third-order valence-electron chi connectivity index (χ3n) is 5.50. The largest absolute Gasteiger partial charge is 0.434 e. The molecule has 156 valence electrons. The quantitative estimate of drug-likeness (QED) is 0.666. The Morgan fingerprint density at radius 1 is 1.17 bits per heavy atom. The summed E-state index contributed by atoms with van der Waals surface area (Å²) in [4.78, 5) is 12.5. The average Bonchev–Trinajstić information content (AvgIpc) is 3.36. The Morgan fingerprint density at radius 3 is 2.24 bits per heavy atom. The van der Waals surface area contributed by atoms with E-state index in [0.717, 1.165) is 24.0 Å². The molecule has 1 atom stereocenters. The molecule has 0 spiro atoms. The second-order valence-electron chi connectivity index (χ2n) is 7.95. The first-order chi connectivity index (χ1) is 13.7. The third kappa shape index (κ3) is 3.69. The number of aliphatic hydroxyl groups is 1. The lowest BCUT2D eigenvalue weighted by Gasteiger charge is -2.17. The maximum absolute atomic E-state index is 14.7. The van der Waals surface area contributed by atoms with E-state index < -0.39 is 22.6 Å². The zero-order chi connectivity index (χ0) is 20.9. The van der Waals surface area contributed by atoms with Gasteiger partial charge in [-0.25, -0.2) is 18.1 Å². The van der Waals surface area contributed by atoms with Crippen LogP contribution in [0.4, 0.5) is 14.9 Å². The van der Waals surface area contributed by atoms with E-state index in [4.69, 9.17) is 16.0 Å². The first-order valence-corrected chi connectivity index (χ1v) is 11.1. The number of amides is 2. The van der Waals surface area contributed by atoms with E-state index in [1.54, 1.807) is 0 Å². The molecule has 2 aliphatic carbocycles. The zero-order valence-corrected chi connectivity index (χ0v) is 17.7. The van der Waals surface area contributed by atoms with E-state index in [1.165, 1.54) is 19.9 Å². The van der Waals surface area contributed by atoms with Crippen molar-refractivity contribution in [3.05, 3.63) is 44.9 Å². The number of hydrogen-bond acceptors (Lipinski definition) is 4. The molecule has 2 aliphatic rings. The maximum atomic E-state index is 14.7. The minimum absolute atomic E-state index is 0.0724. The number of benzene rings is 1. The van der Waals surface area contributed by atoms with Crippen molar-refractivity contribution in [3.8, 4) is 0 Å². The van der Waals surface area contributed by atoms with Crippen molar-refractivity contribution in [2.24, 2.45) is 0 Å². The maximum Gasteiger partial charge on any atom is 0.331 e. The summed E-state index contributed by atoms with van der Waals surface area (Å²) < 4.78 is 34.8. The topological polar surface area (TPSA) is 91.6 Å². The predicted octanol–water partition coefficient (Wildman–Crippen LogP) is 4.12. The van der Waals surface area contributed by atoms with Gasteiger partial charge in [0.05, 0.1) is 5.60 Å². The first-order valence-electron chi connectivity index (χ1n) is 9.53. The van der Waals surface area contributed by atoms with Crippen molar-refractivity contribution in [2.75, 3.05) is 5.32 Å². The minimum atomic E-state index is -2.01. The highest BCUT2D eigenvalue weighted by molar-refractivity contribution is 7.83. The molecular formula is C20H22ClFN2O4S. The van der Waals surface area contributed by atoms with Crippen molar-refractivity contribution in [1.29, 1.82) is 0 Å². The molecule has 2 aromatic rings. The van der Waals surface area contributed by atoms with Gasteiger partial charge in [0.25, 0.3) is 0 Å². The number of fused-ring (bicyclic) bond motifs is 2. The molecule has 1 unspecified atom stereocenters. The van der Waals surface area contributed by atoms with Gasteiger partial charge in [0.15, 0.2) is 11.0 Å². The SMILES string of the molecule is CC(C)(O)c1cc(S(=O)NC(=O)Nc2c3c(c(F)c4c2CCC4)CCC3)oc1Cl. The van der Waals surface area contributed by atoms with Gasteiger partial charge in [0, 0.05) is 17.3 Å². The van der Waals surface area contributed by atoms with E-state index in [0.29, 0.717) is 42.5 Å². The molecule has 0 bridgehead atoms. The van der Waals surface area contributed by atoms with E-state index >= 15 is 0 Å². The Balaban J connectivity index is 1.55. The number of rotatable bonds is 4. The molecular weight excluding hydrogens is 419 g/mol. The number of halogens is 2. The summed E-state index contributed by atoms with van der Waals surface area (Å²) >= 11 is 5.96. The fourth-order valence-electron chi connectivity index (χ4n) is 4.17. The second kappa shape index (κ2) is 7.41. The summed E-state index contributed by atoms with van der Waals surface area (Å²) in [5.74, 6) is -0.121. The predicted molar refractivity (Wildman–Crippen MR) is 108 cm³/mol. The molecule has 6 nitrogen and oxygen atoms in total. The van der Waals surface area contributed by atoms with Crippen LogP contribution in [0, 0.1) is 5.82 Å². The fraction of sp³-hybridized carbons (Fsp3) is 0.450. The van der Waals surface area contributed by atoms with Crippen LogP contribution < -0.4 is 10.0 Å². The number of carbonyl (C=O) groups is 1. The molecule has 0 saturated heterocycles. The molecule has 1 heterocycles. The van der Waals surface area contributed by atoms with Gasteiger partial charge in [-0.2, -0.15) is 0 Å². The van der Waals surface area contributed by atoms with Crippen molar-refractivity contribution in [3.63, 3.8) is 0 Å². The van der Waals surface area contributed by atoms with Gasteiger partial charge in [-0.15, -0.1) is 0 Å². The summed E-state index contributed by atoms with van der Waals surface area (Å²) in [6.07, 6.45) is 4.45. The fourth-order valence-corrected chi connectivity index (χ4v) is 5.29. The molecule has 0 saturated carbocycles. The number of nitrogens with one attached hydrogen (secondary N) is 2. The van der Waals surface area contributed by atoms with Crippen LogP contribution in [0.3, 0.4) is 0 Å². The molecule has 9 heteroatoms. The highest BCUT2D eigenvalue weighted by atomic mass is 35.5. The minimum Gasteiger partial charge on any atom is -0.434 e. The van der Waals surface area contributed by atoms with Gasteiger partial charge < -0.3 is 14.8 Å². The van der Waals surface area contributed by atoms with Crippen LogP contribution in [0.5, 0.6) is 0 Å². The van der Waals surface area contributed by atoms with Crippen molar-refractivity contribution < 1.29 is 22.9 Å². The Labute approximate surface area is 175 Å². The van der Waals surface area contributed by atoms with Crippen LogP contribution in [-0.2, 0) is 42.3 Å². The van der Waals surface area contributed by atoms with Crippen LogP contribution in [0.15, 0.2) is 15.6 Å². The van der Waals surface area contributed by atoms with Gasteiger partial charge in [0.2, 0.25) is 10.3 Å². The summed E-state index contributed by atoms with van der Waals surface area (Å²) in [5, 5.41) is 12.7. The van der Waals surface area contributed by atoms with E-state index in [1.807, 2.05) is 0 Å². The molecule has 0 aliphatic heterocycles. The van der Waals surface area contributed by atoms with E-state index in [-0.39, 0.29) is 21.7 Å². The van der Waals surface area contributed by atoms with Crippen molar-refractivity contribution >= 4 is 34.3 Å². The summed E-state index contributed by atoms with van der Waals surface area (Å²) in [6, 6.07) is 0.682. The standard InChI is InChI=1S/C20H22ClFN2O4S/c1-20(2,26)14-9-15(28-18(14)21)29(27)24-19(25)23-17-12-7-3-5-10(12)16(22)11-6-4-8-13(11)17/h9,26H,3-8H2,1-2H3,(H2,23,24,25). The van der Waals surface area contributed by atoms with Crippen LogP contribution in [0.2, 0.25) is 5.22 Å².